The molecule has 0 saturated heterocycles. The number of nitrogens with two attached hydrogens (primary N) is 1. The molecule has 0 bridgehead atoms. The van der Waals surface area contributed by atoms with Crippen molar-refractivity contribution in [3.05, 3.63) is 0 Å². The van der Waals surface area contributed by atoms with Gasteiger partial charge in [0.1, 0.15) is 0 Å². The molecular weight excluding hydrogens is 284 g/mol. The van der Waals surface area contributed by atoms with Gasteiger partial charge in [0.25, 0.3) is 0 Å². The Balaban J connectivity index is 3.45. The maximum atomic E-state index is 11.5. The summed E-state index contributed by atoms with van der Waals surface area (Å²) in [4.78, 5) is 13.3. The lowest BCUT2D eigenvalue weighted by molar-refractivity contribution is 0.205. The number of hydrogen-bond donors (Lipinski definition) is 1. The minimum absolute atomic E-state index is 0.239. The molecule has 3 nitrogen and oxygen atoms in total. The van der Waals surface area contributed by atoms with Crippen LogP contribution in [0.1, 0.15) is 110 Å². The first kappa shape index (κ1) is 22.3. The lowest BCUT2D eigenvalue weighted by Crippen LogP contribution is -2.37. The van der Waals surface area contributed by atoms with Gasteiger partial charge in [0.2, 0.25) is 0 Å². The van der Waals surface area contributed by atoms with Crippen molar-refractivity contribution in [1.82, 2.24) is 4.90 Å². The van der Waals surface area contributed by atoms with Gasteiger partial charge in [-0.1, -0.05) is 97.3 Å². The van der Waals surface area contributed by atoms with Gasteiger partial charge in [-0.15, -0.1) is 0 Å². The topological polar surface area (TPSA) is 46.3 Å². The Kier molecular flexibility index (Phi) is 17.1. The van der Waals surface area contributed by atoms with Crippen LogP contribution in [0.4, 0.5) is 4.79 Å². The number of carbonyl (C=O) groups is 1. The number of primary amides is 1. The normalized spacial score (nSPS) is 10.9. The van der Waals surface area contributed by atoms with E-state index in [1.807, 2.05) is 4.90 Å². The Morgan fingerprint density at radius 2 is 0.913 bits per heavy atom. The van der Waals surface area contributed by atoms with Crippen LogP contribution in [0.5, 0.6) is 0 Å². The number of hydrogen-bond acceptors (Lipinski definition) is 1. The van der Waals surface area contributed by atoms with E-state index in [9.17, 15) is 4.79 Å². The molecule has 0 aliphatic rings. The zero-order valence-electron chi connectivity index (χ0n) is 16.0. The molecule has 0 rings (SSSR count). The third-order valence-corrected chi connectivity index (χ3v) is 4.62. The second-order valence-corrected chi connectivity index (χ2v) is 6.92. The van der Waals surface area contributed by atoms with E-state index < -0.39 is 0 Å². The predicted octanol–water partition coefficient (Wildman–Crippen LogP) is 6.26. The first-order chi connectivity index (χ1) is 11.2. The molecule has 2 amide bonds. The lowest BCUT2D eigenvalue weighted by Gasteiger charge is -2.20. The Hall–Kier alpha value is -0.730. The van der Waals surface area contributed by atoms with Crippen LogP contribution in [0.3, 0.4) is 0 Å². The molecule has 0 heterocycles. The minimum atomic E-state index is -0.239. The van der Waals surface area contributed by atoms with Gasteiger partial charge in [0.05, 0.1) is 0 Å². The maximum Gasteiger partial charge on any atom is 0.314 e. The van der Waals surface area contributed by atoms with Crippen molar-refractivity contribution in [1.29, 1.82) is 0 Å². The van der Waals surface area contributed by atoms with Gasteiger partial charge in [-0.05, 0) is 12.8 Å². The van der Waals surface area contributed by atoms with Crippen LogP contribution in [0.2, 0.25) is 0 Å². The summed E-state index contributed by atoms with van der Waals surface area (Å²) in [6.45, 7) is 6.18. The van der Waals surface area contributed by atoms with Crippen molar-refractivity contribution < 1.29 is 4.79 Å². The fraction of sp³-hybridized carbons (Fsp3) is 0.950. The lowest BCUT2D eigenvalue weighted by atomic mass is 10.1. The van der Waals surface area contributed by atoms with Crippen molar-refractivity contribution in [2.45, 2.75) is 110 Å². The highest BCUT2D eigenvalue weighted by atomic mass is 16.2. The molecular formula is C20H42N2O. The second kappa shape index (κ2) is 17.6. The van der Waals surface area contributed by atoms with Gasteiger partial charge in [0.15, 0.2) is 0 Å². The van der Waals surface area contributed by atoms with E-state index in [0.717, 1.165) is 25.9 Å². The predicted molar refractivity (Wildman–Crippen MR) is 102 cm³/mol. The van der Waals surface area contributed by atoms with Gasteiger partial charge in [-0.25, -0.2) is 4.79 Å². The Morgan fingerprint density at radius 3 is 1.22 bits per heavy atom. The van der Waals surface area contributed by atoms with E-state index in [-0.39, 0.29) is 6.03 Å². The number of nitrogens with zero attached hydrogens (tertiary/aromatic N) is 1. The maximum absolute atomic E-state index is 11.5. The smallest absolute Gasteiger partial charge is 0.314 e. The summed E-state index contributed by atoms with van der Waals surface area (Å²) < 4.78 is 0. The molecule has 23 heavy (non-hydrogen) atoms. The summed E-state index contributed by atoms with van der Waals surface area (Å²) >= 11 is 0. The third-order valence-electron chi connectivity index (χ3n) is 4.62. The van der Waals surface area contributed by atoms with Crippen molar-refractivity contribution in [2.75, 3.05) is 13.1 Å². The zero-order valence-corrected chi connectivity index (χ0v) is 16.0. The number of carbonyl (C=O) groups excluding carboxylic acids is 1. The molecule has 0 aliphatic heterocycles. The Labute approximate surface area is 145 Å². The summed E-state index contributed by atoms with van der Waals surface area (Å²) in [5, 5.41) is 0. The number of unbranched alkanes of at least 4 members (excludes halogenated alkanes) is 13. The average molecular weight is 327 g/mol. The second-order valence-electron chi connectivity index (χ2n) is 6.92. The van der Waals surface area contributed by atoms with Crippen LogP contribution in [-0.2, 0) is 0 Å². The summed E-state index contributed by atoms with van der Waals surface area (Å²) in [6, 6.07) is -0.239. The summed E-state index contributed by atoms with van der Waals surface area (Å²) in [5.74, 6) is 0. The van der Waals surface area contributed by atoms with E-state index in [0.29, 0.717) is 0 Å². The molecule has 2 N–H and O–H groups in total. The molecule has 0 aromatic heterocycles. The largest absolute Gasteiger partial charge is 0.351 e. The molecule has 0 aromatic rings. The molecule has 0 saturated carbocycles. The highest BCUT2D eigenvalue weighted by Gasteiger charge is 2.08. The monoisotopic (exact) mass is 326 g/mol. The molecule has 0 fully saturated rings. The van der Waals surface area contributed by atoms with Crippen LogP contribution < -0.4 is 5.73 Å². The number of rotatable bonds is 17. The van der Waals surface area contributed by atoms with E-state index in [1.54, 1.807) is 0 Å². The fourth-order valence-corrected chi connectivity index (χ4v) is 3.03. The van der Waals surface area contributed by atoms with Crippen LogP contribution in [-0.4, -0.2) is 24.0 Å². The van der Waals surface area contributed by atoms with Gasteiger partial charge < -0.3 is 10.6 Å². The molecule has 3 heteroatoms. The van der Waals surface area contributed by atoms with Crippen molar-refractivity contribution in [3.8, 4) is 0 Å². The Morgan fingerprint density at radius 1 is 0.609 bits per heavy atom. The van der Waals surface area contributed by atoms with Crippen molar-refractivity contribution in [3.63, 3.8) is 0 Å². The fourth-order valence-electron chi connectivity index (χ4n) is 3.03. The summed E-state index contributed by atoms with van der Waals surface area (Å²) in [6.07, 6.45) is 19.4. The molecule has 0 radical (unpaired) electrons. The summed E-state index contributed by atoms with van der Waals surface area (Å²) in [7, 11) is 0. The first-order valence-electron chi connectivity index (χ1n) is 10.3. The van der Waals surface area contributed by atoms with Crippen LogP contribution >= 0.6 is 0 Å². The van der Waals surface area contributed by atoms with Gasteiger partial charge in [-0.3, -0.25) is 0 Å². The van der Waals surface area contributed by atoms with Crippen LogP contribution in [0.25, 0.3) is 0 Å². The quantitative estimate of drug-likeness (QED) is 0.315. The Bertz CT molecular complexity index is 256. The van der Waals surface area contributed by atoms with Crippen molar-refractivity contribution >= 4 is 6.03 Å². The molecule has 0 aliphatic carbocycles. The van der Waals surface area contributed by atoms with Gasteiger partial charge in [0, 0.05) is 13.1 Å². The highest BCUT2D eigenvalue weighted by Crippen LogP contribution is 2.11. The van der Waals surface area contributed by atoms with Crippen LogP contribution in [0, 0.1) is 0 Å². The van der Waals surface area contributed by atoms with E-state index in [1.165, 1.54) is 83.5 Å². The van der Waals surface area contributed by atoms with Crippen molar-refractivity contribution in [2.24, 2.45) is 5.73 Å². The molecule has 0 unspecified atom stereocenters. The first-order valence-corrected chi connectivity index (χ1v) is 10.3. The standard InChI is InChI=1S/C20H42N2O/c1-3-5-7-9-10-11-12-13-15-17-19-22(20(21)23)18-16-14-8-6-4-2/h3-19H2,1-2H3,(H2,21,23). The third kappa shape index (κ3) is 15.9. The van der Waals surface area contributed by atoms with E-state index in [2.05, 4.69) is 13.8 Å². The van der Waals surface area contributed by atoms with Crippen LogP contribution in [0.15, 0.2) is 0 Å². The number of amides is 2. The minimum Gasteiger partial charge on any atom is -0.351 e. The zero-order chi connectivity index (χ0) is 17.2. The van der Waals surface area contributed by atoms with E-state index in [4.69, 9.17) is 5.73 Å². The molecule has 0 aromatic carbocycles. The van der Waals surface area contributed by atoms with E-state index >= 15 is 0 Å². The average Bonchev–Trinajstić information content (AvgIpc) is 2.54. The summed E-state index contributed by atoms with van der Waals surface area (Å²) in [5.41, 5.74) is 5.48. The van der Waals surface area contributed by atoms with Gasteiger partial charge in [-0.2, -0.15) is 0 Å². The molecule has 0 spiro atoms. The van der Waals surface area contributed by atoms with Gasteiger partial charge >= 0.3 is 6.03 Å². The molecule has 0 atom stereocenters. The number of urea groups is 1. The SMILES string of the molecule is CCCCCCCCCCCCN(CCCCCCC)C(N)=O. The highest BCUT2D eigenvalue weighted by molar-refractivity contribution is 5.71. The molecule has 138 valence electrons.